The van der Waals surface area contributed by atoms with Crippen LogP contribution in [0.15, 0.2) is 33.5 Å². The lowest BCUT2D eigenvalue weighted by molar-refractivity contribution is 0.00949. The highest BCUT2D eigenvalue weighted by Gasteiger charge is 2.21. The summed E-state index contributed by atoms with van der Waals surface area (Å²) in [6.45, 7) is 7.82. The van der Waals surface area contributed by atoms with Crippen molar-refractivity contribution in [2.45, 2.75) is 26.1 Å². The van der Waals surface area contributed by atoms with Crippen molar-refractivity contribution in [2.24, 2.45) is 0 Å². The number of nitrogens with zero attached hydrogens (tertiary/aromatic N) is 3. The minimum absolute atomic E-state index is 0.263. The van der Waals surface area contributed by atoms with Crippen molar-refractivity contribution in [2.75, 3.05) is 45.9 Å². The van der Waals surface area contributed by atoms with E-state index in [1.165, 1.54) is 6.26 Å². The zero-order chi connectivity index (χ0) is 19.8. The van der Waals surface area contributed by atoms with Crippen molar-refractivity contribution >= 4 is 5.91 Å². The van der Waals surface area contributed by atoms with E-state index in [0.717, 1.165) is 26.2 Å². The minimum Gasteiger partial charge on any atom is -0.467 e. The fourth-order valence-corrected chi connectivity index (χ4v) is 3.08. The highest BCUT2D eigenvalue weighted by atomic mass is 16.5. The fraction of sp³-hybridized carbons (Fsp3) is 0.579. The highest BCUT2D eigenvalue weighted by molar-refractivity contribution is 5.91. The number of piperazine rings is 1. The molecule has 0 radical (unpaired) electrons. The molecule has 1 aliphatic heterocycles. The van der Waals surface area contributed by atoms with Crippen molar-refractivity contribution in [3.8, 4) is 0 Å². The predicted molar refractivity (Wildman–Crippen MR) is 101 cm³/mol. The molecule has 1 saturated heterocycles. The zero-order valence-corrected chi connectivity index (χ0v) is 16.2. The maximum atomic E-state index is 12.1. The molecule has 2 N–H and O–H groups in total. The van der Waals surface area contributed by atoms with E-state index in [1.54, 1.807) is 18.4 Å². The molecular formula is C19H28N4O5. The Bertz CT molecular complexity index is 710. The van der Waals surface area contributed by atoms with Gasteiger partial charge in [0.2, 0.25) is 5.89 Å². The summed E-state index contributed by atoms with van der Waals surface area (Å²) >= 11 is 0. The van der Waals surface area contributed by atoms with Crippen LogP contribution in [0.25, 0.3) is 0 Å². The Balaban J connectivity index is 1.39. The van der Waals surface area contributed by atoms with Crippen LogP contribution in [0.3, 0.4) is 0 Å². The molecular weight excluding hydrogens is 364 g/mol. The largest absolute Gasteiger partial charge is 0.467 e. The average molecular weight is 392 g/mol. The number of aliphatic hydroxyl groups excluding tert-OH is 1. The van der Waals surface area contributed by atoms with Crippen molar-refractivity contribution in [1.82, 2.24) is 20.1 Å². The number of hydrogen-bond donors (Lipinski definition) is 2. The first-order valence-electron chi connectivity index (χ1n) is 9.59. The quantitative estimate of drug-likeness (QED) is 0.609. The van der Waals surface area contributed by atoms with E-state index in [2.05, 4.69) is 20.1 Å². The van der Waals surface area contributed by atoms with Gasteiger partial charge in [-0.2, -0.15) is 0 Å². The predicted octanol–water partition coefficient (Wildman–Crippen LogP) is 0.713. The van der Waals surface area contributed by atoms with Gasteiger partial charge in [0.15, 0.2) is 5.69 Å². The lowest BCUT2D eigenvalue weighted by Crippen LogP contribution is -2.48. The Kier molecular flexibility index (Phi) is 7.61. The van der Waals surface area contributed by atoms with E-state index < -0.39 is 6.10 Å². The SMILES string of the molecule is CCOCC(O)CN1CCN(Cc2nc(C(=O)NCc3ccco3)co2)CC1. The molecule has 28 heavy (non-hydrogen) atoms. The molecule has 1 fully saturated rings. The van der Waals surface area contributed by atoms with E-state index in [4.69, 9.17) is 13.6 Å². The Labute approximate surface area is 164 Å². The van der Waals surface area contributed by atoms with Crippen molar-refractivity contribution in [1.29, 1.82) is 0 Å². The summed E-state index contributed by atoms with van der Waals surface area (Å²) in [5, 5.41) is 12.7. The molecule has 0 spiro atoms. The van der Waals surface area contributed by atoms with Crippen LogP contribution in [0.2, 0.25) is 0 Å². The highest BCUT2D eigenvalue weighted by Crippen LogP contribution is 2.10. The monoisotopic (exact) mass is 392 g/mol. The number of aliphatic hydroxyl groups is 1. The van der Waals surface area contributed by atoms with Crippen molar-refractivity contribution in [3.63, 3.8) is 0 Å². The van der Waals surface area contributed by atoms with E-state index in [-0.39, 0.29) is 11.6 Å². The summed E-state index contributed by atoms with van der Waals surface area (Å²) in [4.78, 5) is 20.9. The third-order valence-electron chi connectivity index (χ3n) is 4.59. The van der Waals surface area contributed by atoms with Crippen molar-refractivity contribution < 1.29 is 23.5 Å². The number of amides is 1. The van der Waals surface area contributed by atoms with Crippen LogP contribution < -0.4 is 5.32 Å². The van der Waals surface area contributed by atoms with Crippen LogP contribution in [-0.2, 0) is 17.8 Å². The van der Waals surface area contributed by atoms with Crippen LogP contribution in [-0.4, -0.2) is 77.8 Å². The van der Waals surface area contributed by atoms with Gasteiger partial charge in [-0.25, -0.2) is 4.98 Å². The van der Waals surface area contributed by atoms with Crippen LogP contribution >= 0.6 is 0 Å². The molecule has 154 valence electrons. The number of rotatable bonds is 10. The molecule has 3 rings (SSSR count). The Morgan fingerprint density at radius 3 is 2.82 bits per heavy atom. The topological polar surface area (TPSA) is 104 Å². The molecule has 1 amide bonds. The number of ether oxygens (including phenoxy) is 1. The van der Waals surface area contributed by atoms with E-state index in [1.807, 2.05) is 6.92 Å². The lowest BCUT2D eigenvalue weighted by atomic mass is 10.2. The molecule has 1 unspecified atom stereocenters. The molecule has 0 aromatic carbocycles. The van der Waals surface area contributed by atoms with Gasteiger partial charge in [0.05, 0.1) is 32.1 Å². The minimum atomic E-state index is -0.458. The smallest absolute Gasteiger partial charge is 0.273 e. The number of hydrogen-bond acceptors (Lipinski definition) is 8. The Morgan fingerprint density at radius 1 is 1.32 bits per heavy atom. The normalized spacial score (nSPS) is 16.9. The average Bonchev–Trinajstić information content (AvgIpc) is 3.38. The number of nitrogens with one attached hydrogen (secondary N) is 1. The zero-order valence-electron chi connectivity index (χ0n) is 16.2. The molecule has 1 aliphatic rings. The van der Waals surface area contributed by atoms with Crippen LogP contribution in [0, 0.1) is 0 Å². The van der Waals surface area contributed by atoms with Gasteiger partial charge in [0.25, 0.3) is 5.91 Å². The molecule has 9 nitrogen and oxygen atoms in total. The van der Waals surface area contributed by atoms with Gasteiger partial charge >= 0.3 is 0 Å². The Hall–Kier alpha value is -2.20. The molecule has 2 aromatic rings. The second-order valence-corrected chi connectivity index (χ2v) is 6.78. The summed E-state index contributed by atoms with van der Waals surface area (Å²) in [6, 6.07) is 3.57. The molecule has 2 aromatic heterocycles. The number of β-amino-alcohol motifs (C(OH)–C–C–N with tert-alkyl or cyclic N) is 1. The summed E-state index contributed by atoms with van der Waals surface area (Å²) in [7, 11) is 0. The summed E-state index contributed by atoms with van der Waals surface area (Å²) in [5.74, 6) is 0.911. The van der Waals surface area contributed by atoms with Gasteiger partial charge in [-0.05, 0) is 19.1 Å². The van der Waals surface area contributed by atoms with Gasteiger partial charge < -0.3 is 24.0 Å². The molecule has 0 aliphatic carbocycles. The Morgan fingerprint density at radius 2 is 2.11 bits per heavy atom. The maximum Gasteiger partial charge on any atom is 0.273 e. The second-order valence-electron chi connectivity index (χ2n) is 6.78. The number of carbonyl (C=O) groups excluding carboxylic acids is 1. The van der Waals surface area contributed by atoms with Crippen LogP contribution in [0.4, 0.5) is 0 Å². The standard InChI is InChI=1S/C19H28N4O5/c1-2-26-13-15(24)11-22-5-7-23(8-6-22)12-18-21-17(14-28-18)19(25)20-10-16-4-3-9-27-16/h3-4,9,14-15,24H,2,5-8,10-13H2,1H3,(H,20,25). The lowest BCUT2D eigenvalue weighted by Gasteiger charge is -2.34. The molecule has 3 heterocycles. The van der Waals surface area contributed by atoms with Gasteiger partial charge in [0.1, 0.15) is 12.0 Å². The van der Waals surface area contributed by atoms with E-state index in [0.29, 0.717) is 44.5 Å². The number of aromatic nitrogens is 1. The third kappa shape index (κ3) is 6.16. The van der Waals surface area contributed by atoms with Gasteiger partial charge in [-0.1, -0.05) is 0 Å². The number of oxazole rings is 1. The van der Waals surface area contributed by atoms with E-state index >= 15 is 0 Å². The van der Waals surface area contributed by atoms with Crippen LogP contribution in [0.1, 0.15) is 29.1 Å². The summed E-state index contributed by atoms with van der Waals surface area (Å²) in [5.41, 5.74) is 0.263. The third-order valence-corrected chi connectivity index (χ3v) is 4.59. The number of furan rings is 1. The van der Waals surface area contributed by atoms with Gasteiger partial charge in [-0.3, -0.25) is 14.6 Å². The first kappa shape index (κ1) is 20.5. The number of carbonyl (C=O) groups is 1. The molecule has 0 saturated carbocycles. The van der Waals surface area contributed by atoms with Gasteiger partial charge in [-0.15, -0.1) is 0 Å². The first-order valence-corrected chi connectivity index (χ1v) is 9.59. The van der Waals surface area contributed by atoms with Crippen LogP contribution in [0.5, 0.6) is 0 Å². The molecule has 0 bridgehead atoms. The first-order chi connectivity index (χ1) is 13.6. The van der Waals surface area contributed by atoms with Crippen molar-refractivity contribution in [3.05, 3.63) is 42.0 Å². The fourth-order valence-electron chi connectivity index (χ4n) is 3.08. The van der Waals surface area contributed by atoms with E-state index in [9.17, 15) is 9.90 Å². The van der Waals surface area contributed by atoms with Gasteiger partial charge in [0, 0.05) is 39.3 Å². The summed E-state index contributed by atoms with van der Waals surface area (Å²) < 4.78 is 15.9. The molecule has 9 heteroatoms. The molecule has 1 atom stereocenters. The summed E-state index contributed by atoms with van der Waals surface area (Å²) in [6.07, 6.45) is 2.49. The second kappa shape index (κ2) is 10.4. The maximum absolute atomic E-state index is 12.1.